The summed E-state index contributed by atoms with van der Waals surface area (Å²) in [6.07, 6.45) is 0.513. The molecular weight excluding hydrogens is 292 g/mol. The van der Waals surface area contributed by atoms with Crippen LogP contribution in [-0.2, 0) is 12.0 Å². The van der Waals surface area contributed by atoms with Crippen LogP contribution in [0.5, 0.6) is 0 Å². The van der Waals surface area contributed by atoms with Crippen LogP contribution in [0.3, 0.4) is 0 Å². The summed E-state index contributed by atoms with van der Waals surface area (Å²) in [5.74, 6) is 0. The van der Waals surface area contributed by atoms with Crippen molar-refractivity contribution in [3.63, 3.8) is 0 Å². The molecule has 0 aliphatic heterocycles. The van der Waals surface area contributed by atoms with Crippen molar-refractivity contribution < 1.29 is 5.11 Å². The monoisotopic (exact) mass is 308 g/mol. The fourth-order valence-electron chi connectivity index (χ4n) is 2.70. The summed E-state index contributed by atoms with van der Waals surface area (Å²) in [5.41, 5.74) is 1.73. The summed E-state index contributed by atoms with van der Waals surface area (Å²) in [6, 6.07) is 27.2. The lowest BCUT2D eigenvalue weighted by atomic mass is 9.81. The molecule has 0 aromatic heterocycles. The van der Waals surface area contributed by atoms with Crippen molar-refractivity contribution in [2.75, 3.05) is 0 Å². The number of hydrogen-bond donors (Lipinski definition) is 1. The van der Waals surface area contributed by atoms with E-state index in [4.69, 9.17) is 11.6 Å². The maximum Gasteiger partial charge on any atom is 0.119 e. The average molecular weight is 309 g/mol. The quantitative estimate of drug-likeness (QED) is 0.732. The van der Waals surface area contributed by atoms with Crippen molar-refractivity contribution >= 4 is 11.6 Å². The minimum absolute atomic E-state index is 0.513. The van der Waals surface area contributed by atoms with E-state index in [0.717, 1.165) is 16.7 Å². The Bertz CT molecular complexity index is 723. The minimum atomic E-state index is -1.08. The van der Waals surface area contributed by atoms with E-state index in [1.54, 1.807) is 0 Å². The maximum atomic E-state index is 11.5. The lowest BCUT2D eigenvalue weighted by Gasteiger charge is -2.30. The highest BCUT2D eigenvalue weighted by Gasteiger charge is 2.31. The molecule has 3 aromatic carbocycles. The van der Waals surface area contributed by atoms with Crippen molar-refractivity contribution in [2.45, 2.75) is 12.0 Å². The Kier molecular flexibility index (Phi) is 4.28. The van der Waals surface area contributed by atoms with Gasteiger partial charge in [0.1, 0.15) is 5.60 Å². The molecule has 1 N–H and O–H groups in total. The maximum absolute atomic E-state index is 11.5. The lowest BCUT2D eigenvalue weighted by molar-refractivity contribution is 0.0811. The van der Waals surface area contributed by atoms with E-state index in [2.05, 4.69) is 0 Å². The van der Waals surface area contributed by atoms with Crippen LogP contribution < -0.4 is 0 Å². The third-order valence-electron chi connectivity index (χ3n) is 3.88. The van der Waals surface area contributed by atoms with Gasteiger partial charge in [-0.25, -0.2) is 0 Å². The SMILES string of the molecule is OC(Cc1ccccc1)(c1ccccc1)c1ccc(Cl)cc1. The topological polar surface area (TPSA) is 20.2 Å². The number of hydrogen-bond acceptors (Lipinski definition) is 1. The van der Waals surface area contributed by atoms with Gasteiger partial charge in [-0.3, -0.25) is 0 Å². The highest BCUT2D eigenvalue weighted by atomic mass is 35.5. The van der Waals surface area contributed by atoms with Crippen molar-refractivity contribution in [3.05, 3.63) is 107 Å². The van der Waals surface area contributed by atoms with E-state index < -0.39 is 5.60 Å². The van der Waals surface area contributed by atoms with E-state index in [0.29, 0.717) is 11.4 Å². The highest BCUT2D eigenvalue weighted by molar-refractivity contribution is 6.30. The molecule has 22 heavy (non-hydrogen) atoms. The molecular formula is C20H17ClO. The molecule has 110 valence electrons. The number of benzene rings is 3. The first-order chi connectivity index (χ1) is 10.7. The van der Waals surface area contributed by atoms with E-state index >= 15 is 0 Å². The van der Waals surface area contributed by atoms with Gasteiger partial charge in [-0.05, 0) is 28.8 Å². The zero-order chi connectivity index (χ0) is 15.4. The van der Waals surface area contributed by atoms with Crippen LogP contribution in [0.2, 0.25) is 5.02 Å². The van der Waals surface area contributed by atoms with Gasteiger partial charge in [-0.2, -0.15) is 0 Å². The summed E-state index contributed by atoms with van der Waals surface area (Å²) in [6.45, 7) is 0. The van der Waals surface area contributed by atoms with E-state index in [-0.39, 0.29) is 0 Å². The van der Waals surface area contributed by atoms with Crippen LogP contribution in [0.25, 0.3) is 0 Å². The molecule has 1 atom stereocenters. The van der Waals surface area contributed by atoms with Gasteiger partial charge in [-0.15, -0.1) is 0 Å². The molecule has 3 rings (SSSR count). The predicted molar refractivity (Wildman–Crippen MR) is 91.0 cm³/mol. The van der Waals surface area contributed by atoms with Crippen LogP contribution in [0.1, 0.15) is 16.7 Å². The largest absolute Gasteiger partial charge is 0.380 e. The van der Waals surface area contributed by atoms with Gasteiger partial charge in [0.15, 0.2) is 0 Å². The van der Waals surface area contributed by atoms with Crippen LogP contribution in [0.4, 0.5) is 0 Å². The zero-order valence-electron chi connectivity index (χ0n) is 12.1. The van der Waals surface area contributed by atoms with Gasteiger partial charge in [0.05, 0.1) is 0 Å². The van der Waals surface area contributed by atoms with Crippen LogP contribution in [-0.4, -0.2) is 5.11 Å². The molecule has 0 radical (unpaired) electrons. The van der Waals surface area contributed by atoms with Gasteiger partial charge in [0, 0.05) is 11.4 Å². The van der Waals surface area contributed by atoms with E-state index in [1.807, 2.05) is 84.9 Å². The zero-order valence-corrected chi connectivity index (χ0v) is 12.9. The fraction of sp³-hybridized carbons (Fsp3) is 0.100. The second-order valence-electron chi connectivity index (χ2n) is 5.40. The molecule has 0 saturated carbocycles. The molecule has 1 nitrogen and oxygen atoms in total. The number of halogens is 1. The molecule has 0 spiro atoms. The van der Waals surface area contributed by atoms with Gasteiger partial charge in [0.25, 0.3) is 0 Å². The minimum Gasteiger partial charge on any atom is -0.380 e. The Labute approximate surface area is 135 Å². The van der Waals surface area contributed by atoms with Crippen molar-refractivity contribution in [1.82, 2.24) is 0 Å². The average Bonchev–Trinajstić information content (AvgIpc) is 2.57. The van der Waals surface area contributed by atoms with Crippen molar-refractivity contribution in [2.24, 2.45) is 0 Å². The molecule has 0 fully saturated rings. The Morgan fingerprint density at radius 3 is 1.77 bits per heavy atom. The summed E-state index contributed by atoms with van der Waals surface area (Å²) in [5, 5.41) is 12.1. The first kappa shape index (κ1) is 14.8. The fourth-order valence-corrected chi connectivity index (χ4v) is 2.83. The van der Waals surface area contributed by atoms with Crippen LogP contribution >= 0.6 is 11.6 Å². The second kappa shape index (κ2) is 6.35. The predicted octanol–water partition coefficient (Wildman–Crippen LogP) is 4.82. The lowest BCUT2D eigenvalue weighted by Crippen LogP contribution is -2.30. The second-order valence-corrected chi connectivity index (χ2v) is 5.83. The standard InChI is InChI=1S/C20H17ClO/c21-19-13-11-18(12-14-19)20(22,17-9-5-2-6-10-17)15-16-7-3-1-4-8-16/h1-14,22H,15H2. The van der Waals surface area contributed by atoms with E-state index in [9.17, 15) is 5.11 Å². The smallest absolute Gasteiger partial charge is 0.119 e. The molecule has 0 heterocycles. The molecule has 0 bridgehead atoms. The molecule has 0 aliphatic carbocycles. The molecule has 0 aliphatic rings. The van der Waals surface area contributed by atoms with Crippen molar-refractivity contribution in [1.29, 1.82) is 0 Å². The highest BCUT2D eigenvalue weighted by Crippen LogP contribution is 2.33. The van der Waals surface area contributed by atoms with Gasteiger partial charge in [0.2, 0.25) is 0 Å². The molecule has 0 saturated heterocycles. The molecule has 2 heteroatoms. The molecule has 1 unspecified atom stereocenters. The number of aliphatic hydroxyl groups is 1. The third kappa shape index (κ3) is 3.06. The van der Waals surface area contributed by atoms with Crippen molar-refractivity contribution in [3.8, 4) is 0 Å². The normalized spacial score (nSPS) is 13.5. The number of rotatable bonds is 4. The van der Waals surface area contributed by atoms with E-state index in [1.165, 1.54) is 0 Å². The Morgan fingerprint density at radius 1 is 0.682 bits per heavy atom. The van der Waals surface area contributed by atoms with Gasteiger partial charge < -0.3 is 5.11 Å². The Morgan fingerprint density at radius 2 is 1.18 bits per heavy atom. The summed E-state index contributed by atoms with van der Waals surface area (Å²) >= 11 is 5.99. The summed E-state index contributed by atoms with van der Waals surface area (Å²) < 4.78 is 0. The van der Waals surface area contributed by atoms with Gasteiger partial charge >= 0.3 is 0 Å². The Hall–Kier alpha value is -2.09. The Balaban J connectivity index is 2.07. The molecule has 0 amide bonds. The first-order valence-corrected chi connectivity index (χ1v) is 7.64. The first-order valence-electron chi connectivity index (χ1n) is 7.26. The summed E-state index contributed by atoms with van der Waals surface area (Å²) in [7, 11) is 0. The van der Waals surface area contributed by atoms with Crippen LogP contribution in [0.15, 0.2) is 84.9 Å². The van der Waals surface area contributed by atoms with Gasteiger partial charge in [-0.1, -0.05) is 84.4 Å². The third-order valence-corrected chi connectivity index (χ3v) is 4.13. The van der Waals surface area contributed by atoms with Crippen LogP contribution in [0, 0.1) is 0 Å². The summed E-state index contributed by atoms with van der Waals surface area (Å²) in [4.78, 5) is 0. The molecule has 3 aromatic rings.